The van der Waals surface area contributed by atoms with Gasteiger partial charge in [0.2, 0.25) is 0 Å². The SMILES string of the molecule is COc1ccc(CO)cc1C#CCC=O. The number of carbonyl (C=O) groups excluding carboxylic acids is 1. The van der Waals surface area contributed by atoms with E-state index in [1.54, 1.807) is 25.3 Å². The molecule has 0 amide bonds. The number of hydrogen-bond donors (Lipinski definition) is 1. The van der Waals surface area contributed by atoms with Crippen LogP contribution in [0.15, 0.2) is 18.2 Å². The minimum absolute atomic E-state index is 0.0354. The van der Waals surface area contributed by atoms with Crippen molar-refractivity contribution in [3.8, 4) is 17.6 Å². The molecule has 1 N–H and O–H groups in total. The van der Waals surface area contributed by atoms with E-state index in [0.29, 0.717) is 11.3 Å². The zero-order chi connectivity index (χ0) is 11.1. The van der Waals surface area contributed by atoms with Crippen molar-refractivity contribution in [1.29, 1.82) is 0 Å². The molecule has 0 saturated heterocycles. The average Bonchev–Trinajstić information content (AvgIpc) is 2.29. The first-order valence-electron chi connectivity index (χ1n) is 4.52. The molecule has 1 aromatic carbocycles. The molecule has 0 saturated carbocycles. The molecule has 0 spiro atoms. The van der Waals surface area contributed by atoms with E-state index < -0.39 is 0 Å². The molecule has 1 rings (SSSR count). The van der Waals surface area contributed by atoms with Crippen LogP contribution in [0.4, 0.5) is 0 Å². The monoisotopic (exact) mass is 204 g/mol. The lowest BCUT2D eigenvalue weighted by Gasteiger charge is -2.04. The summed E-state index contributed by atoms with van der Waals surface area (Å²) in [4.78, 5) is 10.1. The summed E-state index contributed by atoms with van der Waals surface area (Å²) in [7, 11) is 1.55. The van der Waals surface area contributed by atoms with E-state index in [1.807, 2.05) is 0 Å². The van der Waals surface area contributed by atoms with Crippen LogP contribution < -0.4 is 4.74 Å². The highest BCUT2D eigenvalue weighted by molar-refractivity contribution is 5.56. The van der Waals surface area contributed by atoms with Gasteiger partial charge in [0.1, 0.15) is 12.0 Å². The average molecular weight is 204 g/mol. The summed E-state index contributed by atoms with van der Waals surface area (Å²) in [6.45, 7) is -0.0354. The van der Waals surface area contributed by atoms with Gasteiger partial charge in [0.15, 0.2) is 0 Å². The Hall–Kier alpha value is -1.79. The molecule has 0 fully saturated rings. The first kappa shape index (κ1) is 11.3. The zero-order valence-corrected chi connectivity index (χ0v) is 8.49. The van der Waals surface area contributed by atoms with Gasteiger partial charge in [0.25, 0.3) is 0 Å². The Kier molecular flexibility index (Phi) is 4.39. The van der Waals surface area contributed by atoms with Crippen molar-refractivity contribution >= 4 is 6.29 Å². The van der Waals surface area contributed by atoms with E-state index in [1.165, 1.54) is 0 Å². The molecule has 3 heteroatoms. The fourth-order valence-corrected chi connectivity index (χ4v) is 1.14. The number of ether oxygens (including phenoxy) is 1. The molecule has 0 aliphatic rings. The second-order valence-electron chi connectivity index (χ2n) is 2.87. The fourth-order valence-electron chi connectivity index (χ4n) is 1.14. The van der Waals surface area contributed by atoms with Crippen LogP contribution in [0.3, 0.4) is 0 Å². The summed E-state index contributed by atoms with van der Waals surface area (Å²) in [5, 5.41) is 8.95. The van der Waals surface area contributed by atoms with Crippen molar-refractivity contribution in [1.82, 2.24) is 0 Å². The van der Waals surface area contributed by atoms with E-state index in [4.69, 9.17) is 9.84 Å². The van der Waals surface area contributed by atoms with Crippen LogP contribution >= 0.6 is 0 Å². The molecule has 0 aliphatic carbocycles. The van der Waals surface area contributed by atoms with Gasteiger partial charge in [0, 0.05) is 0 Å². The predicted molar refractivity (Wildman–Crippen MR) is 56.5 cm³/mol. The molecular formula is C12H12O3. The number of aliphatic hydroxyl groups excluding tert-OH is 1. The second-order valence-corrected chi connectivity index (χ2v) is 2.87. The van der Waals surface area contributed by atoms with Gasteiger partial charge in [-0.1, -0.05) is 17.9 Å². The number of methoxy groups -OCH3 is 1. The number of benzene rings is 1. The highest BCUT2D eigenvalue weighted by Crippen LogP contribution is 2.18. The summed E-state index contributed by atoms with van der Waals surface area (Å²) >= 11 is 0. The number of hydrogen-bond acceptors (Lipinski definition) is 3. The molecule has 15 heavy (non-hydrogen) atoms. The van der Waals surface area contributed by atoms with Gasteiger partial charge < -0.3 is 14.6 Å². The van der Waals surface area contributed by atoms with E-state index in [-0.39, 0.29) is 13.0 Å². The standard InChI is InChI=1S/C12H12O3/c1-15-12-6-5-10(9-14)8-11(12)4-2-3-7-13/h5-8,14H,3,9H2,1H3. The summed E-state index contributed by atoms with van der Waals surface area (Å²) in [5.74, 6) is 6.16. The van der Waals surface area contributed by atoms with Gasteiger partial charge in [-0.25, -0.2) is 0 Å². The van der Waals surface area contributed by atoms with Crippen molar-refractivity contribution in [3.63, 3.8) is 0 Å². The minimum atomic E-state index is -0.0354. The van der Waals surface area contributed by atoms with Crippen LogP contribution in [-0.2, 0) is 11.4 Å². The van der Waals surface area contributed by atoms with Crippen LogP contribution in [0, 0.1) is 11.8 Å². The summed E-state index contributed by atoms with van der Waals surface area (Å²) < 4.78 is 5.10. The topological polar surface area (TPSA) is 46.5 Å². The molecule has 0 aromatic heterocycles. The maximum absolute atomic E-state index is 10.1. The van der Waals surface area contributed by atoms with Crippen LogP contribution in [0.5, 0.6) is 5.75 Å². The molecule has 0 bridgehead atoms. The zero-order valence-electron chi connectivity index (χ0n) is 8.49. The van der Waals surface area contributed by atoms with Crippen molar-refractivity contribution in [2.24, 2.45) is 0 Å². The number of carbonyl (C=O) groups is 1. The molecule has 3 nitrogen and oxygen atoms in total. The highest BCUT2D eigenvalue weighted by atomic mass is 16.5. The molecule has 1 aromatic rings. The maximum atomic E-state index is 10.1. The Bertz CT molecular complexity index is 399. The van der Waals surface area contributed by atoms with E-state index in [0.717, 1.165) is 11.8 Å². The molecule has 0 radical (unpaired) electrons. The molecule has 0 atom stereocenters. The lowest BCUT2D eigenvalue weighted by atomic mass is 10.1. The Labute approximate surface area is 88.7 Å². The van der Waals surface area contributed by atoms with Crippen molar-refractivity contribution < 1.29 is 14.6 Å². The van der Waals surface area contributed by atoms with Gasteiger partial charge in [-0.05, 0) is 17.7 Å². The fraction of sp³-hybridized carbons (Fsp3) is 0.250. The lowest BCUT2D eigenvalue weighted by Crippen LogP contribution is -1.91. The normalized spacial score (nSPS) is 8.93. The van der Waals surface area contributed by atoms with Crippen molar-refractivity contribution in [3.05, 3.63) is 29.3 Å². The largest absolute Gasteiger partial charge is 0.495 e. The van der Waals surface area contributed by atoms with Gasteiger partial charge in [-0.3, -0.25) is 0 Å². The van der Waals surface area contributed by atoms with Crippen molar-refractivity contribution in [2.45, 2.75) is 13.0 Å². The predicted octanol–water partition coefficient (Wildman–Crippen LogP) is 1.13. The van der Waals surface area contributed by atoms with Crippen LogP contribution in [0.2, 0.25) is 0 Å². The quantitative estimate of drug-likeness (QED) is 0.593. The highest BCUT2D eigenvalue weighted by Gasteiger charge is 2.00. The molecule has 78 valence electrons. The lowest BCUT2D eigenvalue weighted by molar-refractivity contribution is -0.107. The molecular weight excluding hydrogens is 192 g/mol. The van der Waals surface area contributed by atoms with Gasteiger partial charge >= 0.3 is 0 Å². The minimum Gasteiger partial charge on any atom is -0.495 e. The Morgan fingerprint density at radius 1 is 1.53 bits per heavy atom. The van der Waals surface area contributed by atoms with E-state index in [9.17, 15) is 4.79 Å². The Balaban J connectivity index is 3.02. The van der Waals surface area contributed by atoms with Gasteiger partial charge in [-0.2, -0.15) is 0 Å². The van der Waals surface area contributed by atoms with Gasteiger partial charge in [0.05, 0.1) is 25.7 Å². The van der Waals surface area contributed by atoms with Crippen LogP contribution in [0.1, 0.15) is 17.5 Å². The summed E-state index contributed by atoms with van der Waals surface area (Å²) in [6.07, 6.45) is 0.946. The van der Waals surface area contributed by atoms with Gasteiger partial charge in [-0.15, -0.1) is 0 Å². The molecule has 0 aliphatic heterocycles. The third-order valence-electron chi connectivity index (χ3n) is 1.85. The van der Waals surface area contributed by atoms with Crippen molar-refractivity contribution in [2.75, 3.05) is 7.11 Å². The number of rotatable bonds is 3. The van der Waals surface area contributed by atoms with E-state index in [2.05, 4.69) is 11.8 Å². The first-order valence-corrected chi connectivity index (χ1v) is 4.52. The number of aliphatic hydroxyl groups is 1. The Morgan fingerprint density at radius 2 is 2.33 bits per heavy atom. The third-order valence-corrected chi connectivity index (χ3v) is 1.85. The van der Waals surface area contributed by atoms with E-state index >= 15 is 0 Å². The second kappa shape index (κ2) is 5.84. The summed E-state index contributed by atoms with van der Waals surface area (Å²) in [6, 6.07) is 5.26. The van der Waals surface area contributed by atoms with Crippen LogP contribution in [-0.4, -0.2) is 18.5 Å². The third kappa shape index (κ3) is 3.12. The molecule has 0 heterocycles. The first-order chi connectivity index (χ1) is 7.31. The number of aldehydes is 1. The maximum Gasteiger partial charge on any atom is 0.134 e. The smallest absolute Gasteiger partial charge is 0.134 e. The Morgan fingerprint density at radius 3 is 2.93 bits per heavy atom. The summed E-state index contributed by atoms with van der Waals surface area (Å²) in [5.41, 5.74) is 1.46. The van der Waals surface area contributed by atoms with Crippen LogP contribution in [0.25, 0.3) is 0 Å². The molecule has 0 unspecified atom stereocenters.